The number of rotatable bonds is 4. The van der Waals surface area contributed by atoms with Gasteiger partial charge in [-0.2, -0.15) is 4.98 Å². The molecule has 4 nitrogen and oxygen atoms in total. The van der Waals surface area contributed by atoms with Crippen molar-refractivity contribution in [1.82, 2.24) is 9.97 Å². The Hall–Kier alpha value is -2.01. The lowest BCUT2D eigenvalue weighted by Crippen LogP contribution is -2.02. The monoisotopic (exact) mass is 275 g/mol. The molecule has 0 unspecified atom stereocenters. The van der Waals surface area contributed by atoms with Crippen molar-refractivity contribution in [1.29, 1.82) is 0 Å². The maximum absolute atomic E-state index is 13.6. The summed E-state index contributed by atoms with van der Waals surface area (Å²) >= 11 is 0. The van der Waals surface area contributed by atoms with Crippen LogP contribution in [-0.4, -0.2) is 9.97 Å². The molecule has 0 radical (unpaired) electrons. The van der Waals surface area contributed by atoms with Gasteiger partial charge in [-0.15, -0.1) is 0 Å². The van der Waals surface area contributed by atoms with E-state index in [2.05, 4.69) is 9.97 Å². The van der Waals surface area contributed by atoms with Gasteiger partial charge in [0.15, 0.2) is 0 Å². The Balaban J connectivity index is 2.27. The van der Waals surface area contributed by atoms with Gasteiger partial charge in [0.1, 0.15) is 11.6 Å². The normalized spacial score (nSPS) is 10.9. The van der Waals surface area contributed by atoms with Gasteiger partial charge in [0, 0.05) is 23.9 Å². The van der Waals surface area contributed by atoms with Crippen LogP contribution in [0.1, 0.15) is 36.7 Å². The molecule has 0 fully saturated rings. The number of halogens is 1. The van der Waals surface area contributed by atoms with Crippen LogP contribution in [0, 0.1) is 12.7 Å². The van der Waals surface area contributed by atoms with E-state index in [1.165, 1.54) is 6.07 Å². The molecule has 2 N–H and O–H groups in total. The maximum Gasteiger partial charge on any atom is 0.322 e. The zero-order valence-corrected chi connectivity index (χ0v) is 11.9. The Morgan fingerprint density at radius 1 is 1.25 bits per heavy atom. The van der Waals surface area contributed by atoms with Crippen molar-refractivity contribution in [3.63, 3.8) is 0 Å². The van der Waals surface area contributed by atoms with Gasteiger partial charge in [-0.05, 0) is 25.0 Å². The third kappa shape index (κ3) is 3.30. The summed E-state index contributed by atoms with van der Waals surface area (Å²) in [4.78, 5) is 8.52. The molecule has 1 aromatic heterocycles. The van der Waals surface area contributed by atoms with E-state index in [-0.39, 0.29) is 24.3 Å². The molecule has 0 aliphatic rings. The van der Waals surface area contributed by atoms with E-state index < -0.39 is 0 Å². The molecule has 0 spiro atoms. The standard InChI is InChI=1S/C15H18FN3O/c1-9(2)14-6-10(3)18-15(19-14)20-12-5-4-11(8-17)13(16)7-12/h4-7,9H,8,17H2,1-3H3. The first kappa shape index (κ1) is 14.4. The minimum atomic E-state index is -0.387. The topological polar surface area (TPSA) is 61.0 Å². The summed E-state index contributed by atoms with van der Waals surface area (Å²) in [5.74, 6) is 0.247. The summed E-state index contributed by atoms with van der Waals surface area (Å²) in [5, 5.41) is 0. The number of aryl methyl sites for hydroxylation is 1. The molecule has 5 heteroatoms. The Bertz CT molecular complexity index is 614. The van der Waals surface area contributed by atoms with Crippen molar-refractivity contribution >= 4 is 0 Å². The molecule has 0 aliphatic heterocycles. The average molecular weight is 275 g/mol. The fourth-order valence-electron chi connectivity index (χ4n) is 1.77. The second-order valence-electron chi connectivity index (χ2n) is 4.93. The molecule has 0 bridgehead atoms. The first-order valence-electron chi connectivity index (χ1n) is 6.51. The summed E-state index contributed by atoms with van der Waals surface area (Å²) in [6.07, 6.45) is 0. The highest BCUT2D eigenvalue weighted by atomic mass is 19.1. The third-order valence-corrected chi connectivity index (χ3v) is 2.90. The Labute approximate surface area is 117 Å². The molecule has 20 heavy (non-hydrogen) atoms. The number of hydrogen-bond acceptors (Lipinski definition) is 4. The van der Waals surface area contributed by atoms with E-state index >= 15 is 0 Å². The number of ether oxygens (including phenoxy) is 1. The van der Waals surface area contributed by atoms with Gasteiger partial charge in [-0.3, -0.25) is 0 Å². The van der Waals surface area contributed by atoms with Crippen molar-refractivity contribution < 1.29 is 9.13 Å². The highest BCUT2D eigenvalue weighted by Crippen LogP contribution is 2.23. The van der Waals surface area contributed by atoms with Crippen LogP contribution in [0.4, 0.5) is 4.39 Å². The Kier molecular flexibility index (Phi) is 4.29. The molecular weight excluding hydrogens is 257 g/mol. The van der Waals surface area contributed by atoms with Crippen LogP contribution in [0.3, 0.4) is 0 Å². The van der Waals surface area contributed by atoms with E-state index in [4.69, 9.17) is 10.5 Å². The van der Waals surface area contributed by atoms with Crippen molar-refractivity contribution in [2.24, 2.45) is 5.73 Å². The number of nitrogens with zero attached hydrogens (tertiary/aromatic N) is 2. The molecule has 0 saturated carbocycles. The fourth-order valence-corrected chi connectivity index (χ4v) is 1.77. The lowest BCUT2D eigenvalue weighted by atomic mass is 10.1. The zero-order chi connectivity index (χ0) is 14.7. The molecule has 2 aromatic rings. The predicted octanol–water partition coefficient (Wildman–Crippen LogP) is 3.30. The van der Waals surface area contributed by atoms with Gasteiger partial charge < -0.3 is 10.5 Å². The fraction of sp³-hybridized carbons (Fsp3) is 0.333. The second-order valence-corrected chi connectivity index (χ2v) is 4.93. The van der Waals surface area contributed by atoms with E-state index in [1.54, 1.807) is 12.1 Å². The molecule has 1 heterocycles. The van der Waals surface area contributed by atoms with E-state index in [9.17, 15) is 4.39 Å². The summed E-state index contributed by atoms with van der Waals surface area (Å²) < 4.78 is 19.2. The van der Waals surface area contributed by atoms with Crippen LogP contribution >= 0.6 is 0 Å². The molecule has 0 amide bonds. The minimum Gasteiger partial charge on any atom is -0.424 e. The van der Waals surface area contributed by atoms with Crippen LogP contribution < -0.4 is 10.5 Å². The highest BCUT2D eigenvalue weighted by Gasteiger charge is 2.09. The number of hydrogen-bond donors (Lipinski definition) is 1. The molecule has 0 saturated heterocycles. The molecular formula is C15H18FN3O. The van der Waals surface area contributed by atoms with Crippen molar-refractivity contribution in [3.05, 3.63) is 47.0 Å². The van der Waals surface area contributed by atoms with Crippen LogP contribution in [-0.2, 0) is 6.54 Å². The number of benzene rings is 1. The van der Waals surface area contributed by atoms with Gasteiger partial charge in [0.25, 0.3) is 0 Å². The number of nitrogens with two attached hydrogens (primary N) is 1. The van der Waals surface area contributed by atoms with Crippen molar-refractivity contribution in [3.8, 4) is 11.8 Å². The van der Waals surface area contributed by atoms with Crippen LogP contribution in [0.2, 0.25) is 0 Å². The molecule has 0 atom stereocenters. The average Bonchev–Trinajstić information content (AvgIpc) is 2.38. The minimum absolute atomic E-state index is 0.157. The highest BCUT2D eigenvalue weighted by molar-refractivity contribution is 5.31. The Morgan fingerprint density at radius 2 is 2.00 bits per heavy atom. The molecule has 1 aromatic carbocycles. The second kappa shape index (κ2) is 5.96. The summed E-state index contributed by atoms with van der Waals surface area (Å²) in [6, 6.07) is 6.70. The zero-order valence-electron chi connectivity index (χ0n) is 11.9. The number of aromatic nitrogens is 2. The quantitative estimate of drug-likeness (QED) is 0.930. The van der Waals surface area contributed by atoms with E-state index in [0.29, 0.717) is 11.3 Å². The van der Waals surface area contributed by atoms with Gasteiger partial charge in [0.05, 0.1) is 5.69 Å². The van der Waals surface area contributed by atoms with Gasteiger partial charge >= 0.3 is 6.01 Å². The molecule has 2 rings (SSSR count). The smallest absolute Gasteiger partial charge is 0.322 e. The van der Waals surface area contributed by atoms with Gasteiger partial charge in [-0.1, -0.05) is 19.9 Å². The first-order valence-corrected chi connectivity index (χ1v) is 6.51. The molecule has 106 valence electrons. The van der Waals surface area contributed by atoms with E-state index in [1.807, 2.05) is 26.8 Å². The van der Waals surface area contributed by atoms with Gasteiger partial charge in [-0.25, -0.2) is 9.37 Å². The Morgan fingerprint density at radius 3 is 2.60 bits per heavy atom. The lowest BCUT2D eigenvalue weighted by molar-refractivity contribution is 0.432. The largest absolute Gasteiger partial charge is 0.424 e. The van der Waals surface area contributed by atoms with E-state index in [0.717, 1.165) is 11.4 Å². The first-order chi connectivity index (χ1) is 9.49. The summed E-state index contributed by atoms with van der Waals surface area (Å²) in [5.41, 5.74) is 7.58. The summed E-state index contributed by atoms with van der Waals surface area (Å²) in [7, 11) is 0. The lowest BCUT2D eigenvalue weighted by Gasteiger charge is -2.10. The predicted molar refractivity (Wildman–Crippen MR) is 75.2 cm³/mol. The van der Waals surface area contributed by atoms with Crippen molar-refractivity contribution in [2.75, 3.05) is 0 Å². The molecule has 0 aliphatic carbocycles. The van der Waals surface area contributed by atoms with Crippen LogP contribution in [0.15, 0.2) is 24.3 Å². The third-order valence-electron chi connectivity index (χ3n) is 2.90. The SMILES string of the molecule is Cc1cc(C(C)C)nc(Oc2ccc(CN)c(F)c2)n1. The van der Waals surface area contributed by atoms with Gasteiger partial charge in [0.2, 0.25) is 0 Å². The van der Waals surface area contributed by atoms with Crippen molar-refractivity contribution in [2.45, 2.75) is 33.2 Å². The van der Waals surface area contributed by atoms with Crippen LogP contribution in [0.5, 0.6) is 11.8 Å². The maximum atomic E-state index is 13.6. The summed E-state index contributed by atoms with van der Waals surface area (Å²) in [6.45, 7) is 6.12. The van der Waals surface area contributed by atoms with Crippen LogP contribution in [0.25, 0.3) is 0 Å².